The average Bonchev–Trinajstić information content (AvgIpc) is 2.73. The van der Waals surface area contributed by atoms with Crippen molar-refractivity contribution in [1.29, 1.82) is 0 Å². The minimum Gasteiger partial charge on any atom is -0.399 e. The molecule has 94 valence electrons. The average molecular weight is 245 g/mol. The van der Waals surface area contributed by atoms with Crippen molar-refractivity contribution in [2.75, 3.05) is 11.1 Å². The molecule has 0 fully saturated rings. The minimum atomic E-state index is -0.274. The number of aromatic nitrogens is 2. The number of anilines is 2. The van der Waals surface area contributed by atoms with Crippen molar-refractivity contribution in [3.8, 4) is 0 Å². The summed E-state index contributed by atoms with van der Waals surface area (Å²) in [6.45, 7) is 0.433. The summed E-state index contributed by atoms with van der Waals surface area (Å²) in [6, 6.07) is 6.75. The van der Waals surface area contributed by atoms with Crippen molar-refractivity contribution in [2.45, 2.75) is 6.54 Å². The van der Waals surface area contributed by atoms with Gasteiger partial charge in [0.15, 0.2) is 0 Å². The summed E-state index contributed by atoms with van der Waals surface area (Å²) in [6.07, 6.45) is 3.56. The number of nitrogens with zero attached hydrogens (tertiary/aromatic N) is 2. The molecule has 0 spiro atoms. The molecule has 0 aliphatic heterocycles. The van der Waals surface area contributed by atoms with Gasteiger partial charge in [-0.25, -0.2) is 4.79 Å². The standard InChI is InChI=1S/C12H15N5O/c1-17-8-9(7-15-17)6-14-12(18)16-11-4-2-3-10(13)5-11/h2-5,7-8H,6,13H2,1H3,(H2,14,16,18). The van der Waals surface area contributed by atoms with Crippen molar-refractivity contribution >= 4 is 17.4 Å². The van der Waals surface area contributed by atoms with Crippen LogP contribution in [0.4, 0.5) is 16.2 Å². The lowest BCUT2D eigenvalue weighted by Crippen LogP contribution is -2.28. The number of carbonyl (C=O) groups is 1. The van der Waals surface area contributed by atoms with Crippen LogP contribution in [0, 0.1) is 0 Å². The summed E-state index contributed by atoms with van der Waals surface area (Å²) >= 11 is 0. The van der Waals surface area contributed by atoms with E-state index in [1.54, 1.807) is 35.1 Å². The third-order valence-electron chi connectivity index (χ3n) is 2.36. The van der Waals surface area contributed by atoms with E-state index in [0.717, 1.165) is 5.56 Å². The fourth-order valence-corrected chi connectivity index (χ4v) is 1.54. The van der Waals surface area contributed by atoms with Gasteiger partial charge in [-0.2, -0.15) is 5.10 Å². The van der Waals surface area contributed by atoms with E-state index in [0.29, 0.717) is 17.9 Å². The first kappa shape index (κ1) is 12.0. The molecule has 0 radical (unpaired) electrons. The van der Waals surface area contributed by atoms with Gasteiger partial charge in [0.25, 0.3) is 0 Å². The number of nitrogen functional groups attached to an aromatic ring is 1. The molecule has 1 aromatic heterocycles. The summed E-state index contributed by atoms with van der Waals surface area (Å²) in [7, 11) is 1.83. The van der Waals surface area contributed by atoms with Gasteiger partial charge in [0.1, 0.15) is 0 Å². The lowest BCUT2D eigenvalue weighted by Gasteiger charge is -2.07. The van der Waals surface area contributed by atoms with E-state index in [1.165, 1.54) is 0 Å². The second kappa shape index (κ2) is 5.22. The third kappa shape index (κ3) is 3.24. The van der Waals surface area contributed by atoms with Gasteiger partial charge in [0.05, 0.1) is 6.20 Å². The van der Waals surface area contributed by atoms with Crippen molar-refractivity contribution in [3.63, 3.8) is 0 Å². The molecule has 0 saturated carbocycles. The molecule has 0 unspecified atom stereocenters. The quantitative estimate of drug-likeness (QED) is 0.713. The van der Waals surface area contributed by atoms with Crippen molar-refractivity contribution in [1.82, 2.24) is 15.1 Å². The number of carbonyl (C=O) groups excluding carboxylic acids is 1. The normalized spacial score (nSPS) is 10.1. The van der Waals surface area contributed by atoms with Crippen LogP contribution in [-0.2, 0) is 13.6 Å². The maximum atomic E-state index is 11.6. The van der Waals surface area contributed by atoms with Crippen LogP contribution >= 0.6 is 0 Å². The highest BCUT2D eigenvalue weighted by Crippen LogP contribution is 2.11. The topological polar surface area (TPSA) is 85.0 Å². The van der Waals surface area contributed by atoms with Crippen LogP contribution in [0.1, 0.15) is 5.56 Å². The predicted octanol–water partition coefficient (Wildman–Crippen LogP) is 1.32. The molecule has 6 heteroatoms. The van der Waals surface area contributed by atoms with Gasteiger partial charge in [-0.3, -0.25) is 4.68 Å². The highest BCUT2D eigenvalue weighted by Gasteiger charge is 2.02. The highest BCUT2D eigenvalue weighted by molar-refractivity contribution is 5.89. The van der Waals surface area contributed by atoms with Gasteiger partial charge < -0.3 is 16.4 Å². The largest absolute Gasteiger partial charge is 0.399 e. The lowest BCUT2D eigenvalue weighted by molar-refractivity contribution is 0.251. The molecule has 1 heterocycles. The number of aryl methyl sites for hydroxylation is 1. The molecule has 2 aromatic rings. The number of rotatable bonds is 3. The zero-order chi connectivity index (χ0) is 13.0. The van der Waals surface area contributed by atoms with Crippen LogP contribution in [0.25, 0.3) is 0 Å². The molecular weight excluding hydrogens is 230 g/mol. The Bertz CT molecular complexity index is 549. The van der Waals surface area contributed by atoms with Gasteiger partial charge in [0.2, 0.25) is 0 Å². The Hall–Kier alpha value is -2.50. The van der Waals surface area contributed by atoms with Crippen molar-refractivity contribution in [2.24, 2.45) is 7.05 Å². The molecule has 4 N–H and O–H groups in total. The van der Waals surface area contributed by atoms with Gasteiger partial charge >= 0.3 is 6.03 Å². The fourth-order valence-electron chi connectivity index (χ4n) is 1.54. The van der Waals surface area contributed by atoms with Gasteiger partial charge in [-0.1, -0.05) is 6.07 Å². The second-order valence-corrected chi connectivity index (χ2v) is 3.96. The minimum absolute atomic E-state index is 0.274. The van der Waals surface area contributed by atoms with E-state index in [9.17, 15) is 4.79 Å². The molecule has 0 atom stereocenters. The van der Waals surface area contributed by atoms with Crippen LogP contribution in [-0.4, -0.2) is 15.8 Å². The highest BCUT2D eigenvalue weighted by atomic mass is 16.2. The number of hydrogen-bond donors (Lipinski definition) is 3. The Kier molecular flexibility index (Phi) is 3.47. The zero-order valence-corrected chi connectivity index (χ0v) is 10.1. The predicted molar refractivity (Wildman–Crippen MR) is 69.9 cm³/mol. The summed E-state index contributed by atoms with van der Waals surface area (Å²) in [5.74, 6) is 0. The van der Waals surface area contributed by atoms with Crippen molar-refractivity contribution < 1.29 is 4.79 Å². The Balaban J connectivity index is 1.85. The first-order valence-corrected chi connectivity index (χ1v) is 5.51. The number of nitrogens with two attached hydrogens (primary N) is 1. The van der Waals surface area contributed by atoms with E-state index >= 15 is 0 Å². The summed E-state index contributed by atoms with van der Waals surface area (Å²) < 4.78 is 1.69. The Morgan fingerprint density at radius 1 is 1.50 bits per heavy atom. The smallest absolute Gasteiger partial charge is 0.319 e. The molecule has 0 saturated heterocycles. The number of urea groups is 1. The SMILES string of the molecule is Cn1cc(CNC(=O)Nc2cccc(N)c2)cn1. The third-order valence-corrected chi connectivity index (χ3v) is 2.36. The first-order chi connectivity index (χ1) is 8.63. The molecule has 0 aliphatic carbocycles. The maximum absolute atomic E-state index is 11.6. The second-order valence-electron chi connectivity index (χ2n) is 3.96. The van der Waals surface area contributed by atoms with E-state index in [1.807, 2.05) is 13.2 Å². The number of amides is 2. The first-order valence-electron chi connectivity index (χ1n) is 5.51. The van der Waals surface area contributed by atoms with Crippen LogP contribution in [0.2, 0.25) is 0 Å². The molecular formula is C12H15N5O. The molecule has 0 bridgehead atoms. The van der Waals surface area contributed by atoms with Crippen LogP contribution in [0.3, 0.4) is 0 Å². The van der Waals surface area contributed by atoms with E-state index in [-0.39, 0.29) is 6.03 Å². The molecule has 1 aromatic carbocycles. The summed E-state index contributed by atoms with van der Waals surface area (Å²) in [4.78, 5) is 11.6. The maximum Gasteiger partial charge on any atom is 0.319 e. The summed E-state index contributed by atoms with van der Waals surface area (Å²) in [5.41, 5.74) is 7.84. The van der Waals surface area contributed by atoms with Crippen LogP contribution in [0.15, 0.2) is 36.7 Å². The summed E-state index contributed by atoms with van der Waals surface area (Å²) in [5, 5.41) is 9.46. The Labute approximate surface area is 105 Å². The van der Waals surface area contributed by atoms with Gasteiger partial charge in [0, 0.05) is 36.7 Å². The van der Waals surface area contributed by atoms with Gasteiger partial charge in [-0.05, 0) is 18.2 Å². The molecule has 2 amide bonds. The molecule has 6 nitrogen and oxygen atoms in total. The zero-order valence-electron chi connectivity index (χ0n) is 10.1. The van der Waals surface area contributed by atoms with E-state index in [2.05, 4.69) is 15.7 Å². The van der Waals surface area contributed by atoms with E-state index in [4.69, 9.17) is 5.73 Å². The molecule has 0 aliphatic rings. The number of nitrogens with one attached hydrogen (secondary N) is 2. The Morgan fingerprint density at radius 3 is 3.00 bits per heavy atom. The number of hydrogen-bond acceptors (Lipinski definition) is 3. The van der Waals surface area contributed by atoms with Gasteiger partial charge in [-0.15, -0.1) is 0 Å². The van der Waals surface area contributed by atoms with Crippen LogP contribution < -0.4 is 16.4 Å². The fraction of sp³-hybridized carbons (Fsp3) is 0.167. The van der Waals surface area contributed by atoms with E-state index < -0.39 is 0 Å². The van der Waals surface area contributed by atoms with Crippen LogP contribution in [0.5, 0.6) is 0 Å². The number of benzene rings is 1. The Morgan fingerprint density at radius 2 is 2.33 bits per heavy atom. The lowest BCUT2D eigenvalue weighted by atomic mass is 10.3. The van der Waals surface area contributed by atoms with Crippen molar-refractivity contribution in [3.05, 3.63) is 42.2 Å². The monoisotopic (exact) mass is 245 g/mol. The molecule has 2 rings (SSSR count). The molecule has 18 heavy (non-hydrogen) atoms.